The molecule has 2 N–H and O–H groups in total. The topological polar surface area (TPSA) is 36.4 Å². The van der Waals surface area contributed by atoms with Crippen LogP contribution in [-0.4, -0.2) is 25.6 Å². The second kappa shape index (κ2) is 11.8. The van der Waals surface area contributed by atoms with Crippen LogP contribution >= 0.6 is 24.0 Å². The van der Waals surface area contributed by atoms with E-state index in [0.29, 0.717) is 0 Å². The molecule has 0 spiro atoms. The Morgan fingerprint density at radius 2 is 2.00 bits per heavy atom. The molecule has 0 bridgehead atoms. The van der Waals surface area contributed by atoms with Gasteiger partial charge >= 0.3 is 0 Å². The van der Waals surface area contributed by atoms with Gasteiger partial charge in [0.15, 0.2) is 5.96 Å². The summed E-state index contributed by atoms with van der Waals surface area (Å²) in [7, 11) is 0. The Kier molecular flexibility index (Phi) is 11.6. The molecule has 0 saturated heterocycles. The fraction of sp³-hybridized carbons (Fsp3) is 0.786. The van der Waals surface area contributed by atoms with E-state index < -0.39 is 0 Å². The van der Waals surface area contributed by atoms with Crippen LogP contribution in [0, 0.1) is 5.92 Å². The highest BCUT2D eigenvalue weighted by Gasteiger charge is 2.12. The zero-order valence-electron chi connectivity index (χ0n) is 11.6. The third kappa shape index (κ3) is 7.95. The molecule has 0 atom stereocenters. The molecule has 0 aromatic carbocycles. The Morgan fingerprint density at radius 1 is 1.28 bits per heavy atom. The molecule has 3 nitrogen and oxygen atoms in total. The van der Waals surface area contributed by atoms with E-state index in [4.69, 9.17) is 0 Å². The molecule has 1 aliphatic rings. The van der Waals surface area contributed by atoms with E-state index in [1.807, 2.05) is 6.08 Å². The number of rotatable bonds is 6. The molecule has 0 heterocycles. The van der Waals surface area contributed by atoms with Gasteiger partial charge in [-0.05, 0) is 19.3 Å². The predicted octanol–water partition coefficient (Wildman–Crippen LogP) is 3.32. The molecule has 4 heteroatoms. The van der Waals surface area contributed by atoms with E-state index in [-0.39, 0.29) is 24.0 Å². The van der Waals surface area contributed by atoms with Gasteiger partial charge in [-0.1, -0.05) is 38.2 Å². The first-order valence-electron chi connectivity index (χ1n) is 7.00. The monoisotopic (exact) mass is 365 g/mol. The van der Waals surface area contributed by atoms with Crippen molar-refractivity contribution in [3.63, 3.8) is 0 Å². The first-order valence-corrected chi connectivity index (χ1v) is 7.00. The summed E-state index contributed by atoms with van der Waals surface area (Å²) in [6.45, 7) is 8.41. The standard InChI is InChI=1S/C14H27N3.HI/c1-3-11-16-14(15-4-2)17-12-10-13-8-6-5-7-9-13;/h3,13H,1,4-12H2,2H3,(H2,15,16,17);1H. The smallest absolute Gasteiger partial charge is 0.191 e. The molecule has 18 heavy (non-hydrogen) atoms. The molecule has 1 saturated carbocycles. The van der Waals surface area contributed by atoms with Gasteiger partial charge in [-0.25, -0.2) is 0 Å². The molecule has 1 aliphatic carbocycles. The van der Waals surface area contributed by atoms with Crippen LogP contribution in [0.4, 0.5) is 0 Å². The summed E-state index contributed by atoms with van der Waals surface area (Å²) in [6, 6.07) is 0. The minimum Gasteiger partial charge on any atom is -0.357 e. The van der Waals surface area contributed by atoms with Crippen LogP contribution in [-0.2, 0) is 0 Å². The van der Waals surface area contributed by atoms with Crippen LogP contribution < -0.4 is 10.6 Å². The minimum atomic E-state index is 0. The Labute approximate surface area is 129 Å². The molecular formula is C14H28IN3. The summed E-state index contributed by atoms with van der Waals surface area (Å²) in [5, 5.41) is 6.48. The number of guanidine groups is 1. The van der Waals surface area contributed by atoms with Crippen molar-refractivity contribution >= 4 is 29.9 Å². The summed E-state index contributed by atoms with van der Waals surface area (Å²) in [6.07, 6.45) is 10.2. The quantitative estimate of drug-likeness (QED) is 0.328. The Bertz CT molecular complexity index is 235. The van der Waals surface area contributed by atoms with Crippen molar-refractivity contribution < 1.29 is 0 Å². The molecule has 0 radical (unpaired) electrons. The lowest BCUT2D eigenvalue weighted by Crippen LogP contribution is -2.37. The lowest BCUT2D eigenvalue weighted by molar-refractivity contribution is 0.343. The van der Waals surface area contributed by atoms with Gasteiger partial charge in [0.05, 0.1) is 0 Å². The van der Waals surface area contributed by atoms with Crippen molar-refractivity contribution in [2.24, 2.45) is 10.9 Å². The molecule has 0 aromatic heterocycles. The van der Waals surface area contributed by atoms with Crippen LogP contribution in [0.25, 0.3) is 0 Å². The summed E-state index contributed by atoms with van der Waals surface area (Å²) in [5.41, 5.74) is 0. The molecule has 0 aliphatic heterocycles. The van der Waals surface area contributed by atoms with Crippen molar-refractivity contribution in [2.45, 2.75) is 45.4 Å². The summed E-state index contributed by atoms with van der Waals surface area (Å²) in [5.74, 6) is 1.83. The molecule has 1 rings (SSSR count). The molecule has 0 aromatic rings. The van der Waals surface area contributed by atoms with Gasteiger partial charge in [0, 0.05) is 19.6 Å². The van der Waals surface area contributed by atoms with Gasteiger partial charge in [-0.15, -0.1) is 30.6 Å². The van der Waals surface area contributed by atoms with E-state index in [0.717, 1.165) is 31.5 Å². The normalized spacial score (nSPS) is 16.8. The number of hydrogen-bond donors (Lipinski definition) is 2. The lowest BCUT2D eigenvalue weighted by Gasteiger charge is -2.20. The van der Waals surface area contributed by atoms with Crippen molar-refractivity contribution in [1.82, 2.24) is 10.6 Å². The van der Waals surface area contributed by atoms with Crippen LogP contribution in [0.2, 0.25) is 0 Å². The number of nitrogens with zero attached hydrogens (tertiary/aromatic N) is 1. The summed E-state index contributed by atoms with van der Waals surface area (Å²) in [4.78, 5) is 4.59. The van der Waals surface area contributed by atoms with E-state index in [2.05, 4.69) is 29.1 Å². The molecule has 1 fully saturated rings. The molecule has 0 unspecified atom stereocenters. The first kappa shape index (κ1) is 17.7. The predicted molar refractivity (Wildman–Crippen MR) is 90.8 cm³/mol. The van der Waals surface area contributed by atoms with Gasteiger partial charge in [0.1, 0.15) is 0 Å². The maximum atomic E-state index is 4.59. The van der Waals surface area contributed by atoms with Crippen molar-refractivity contribution in [3.05, 3.63) is 12.7 Å². The van der Waals surface area contributed by atoms with E-state index >= 15 is 0 Å². The second-order valence-electron chi connectivity index (χ2n) is 4.72. The Morgan fingerprint density at radius 3 is 2.61 bits per heavy atom. The molecule has 0 amide bonds. The number of hydrogen-bond acceptors (Lipinski definition) is 1. The minimum absolute atomic E-state index is 0. The average Bonchev–Trinajstić information content (AvgIpc) is 2.37. The molecular weight excluding hydrogens is 337 g/mol. The third-order valence-corrected chi connectivity index (χ3v) is 3.29. The Hall–Kier alpha value is -0.260. The van der Waals surface area contributed by atoms with Crippen LogP contribution in [0.3, 0.4) is 0 Å². The largest absolute Gasteiger partial charge is 0.357 e. The van der Waals surface area contributed by atoms with Crippen LogP contribution in [0.15, 0.2) is 17.6 Å². The maximum Gasteiger partial charge on any atom is 0.191 e. The Balaban J connectivity index is 0.00000289. The highest BCUT2D eigenvalue weighted by atomic mass is 127. The van der Waals surface area contributed by atoms with Gasteiger partial charge in [-0.3, -0.25) is 4.99 Å². The third-order valence-electron chi connectivity index (χ3n) is 3.29. The van der Waals surface area contributed by atoms with Gasteiger partial charge in [0.2, 0.25) is 0 Å². The van der Waals surface area contributed by atoms with Gasteiger partial charge in [-0.2, -0.15) is 0 Å². The van der Waals surface area contributed by atoms with E-state index in [9.17, 15) is 0 Å². The number of halogens is 1. The number of nitrogens with one attached hydrogen (secondary N) is 2. The summed E-state index contributed by atoms with van der Waals surface area (Å²) >= 11 is 0. The lowest BCUT2D eigenvalue weighted by atomic mass is 9.87. The first-order chi connectivity index (χ1) is 8.36. The fourth-order valence-electron chi connectivity index (χ4n) is 2.35. The maximum absolute atomic E-state index is 4.59. The van der Waals surface area contributed by atoms with E-state index in [1.165, 1.54) is 38.5 Å². The highest BCUT2D eigenvalue weighted by molar-refractivity contribution is 14.0. The van der Waals surface area contributed by atoms with Crippen LogP contribution in [0.5, 0.6) is 0 Å². The highest BCUT2D eigenvalue weighted by Crippen LogP contribution is 2.25. The summed E-state index contributed by atoms with van der Waals surface area (Å²) < 4.78 is 0. The van der Waals surface area contributed by atoms with Gasteiger partial charge < -0.3 is 10.6 Å². The molecule has 106 valence electrons. The van der Waals surface area contributed by atoms with Crippen molar-refractivity contribution in [2.75, 3.05) is 19.6 Å². The average molecular weight is 365 g/mol. The van der Waals surface area contributed by atoms with Crippen molar-refractivity contribution in [1.29, 1.82) is 0 Å². The fourth-order valence-corrected chi connectivity index (χ4v) is 2.35. The van der Waals surface area contributed by atoms with Crippen molar-refractivity contribution in [3.8, 4) is 0 Å². The van der Waals surface area contributed by atoms with Gasteiger partial charge in [0.25, 0.3) is 0 Å². The number of aliphatic imine (C=N–C) groups is 1. The second-order valence-corrected chi connectivity index (χ2v) is 4.72. The SMILES string of the molecule is C=CCNC(=NCCC1CCCCC1)NCC.I. The van der Waals surface area contributed by atoms with Crippen LogP contribution in [0.1, 0.15) is 45.4 Å². The zero-order chi connectivity index (χ0) is 12.3. The zero-order valence-corrected chi connectivity index (χ0v) is 13.9. The van der Waals surface area contributed by atoms with E-state index in [1.54, 1.807) is 0 Å².